The molecule has 0 aromatic heterocycles. The molecule has 0 radical (unpaired) electrons. The number of nitrogens with zero attached hydrogens (tertiary/aromatic N) is 1. The van der Waals surface area contributed by atoms with Crippen LogP contribution in [0.4, 0.5) is 21.0 Å². The van der Waals surface area contributed by atoms with Crippen molar-refractivity contribution in [1.29, 1.82) is 0 Å². The van der Waals surface area contributed by atoms with E-state index in [0.29, 0.717) is 34.8 Å². The van der Waals surface area contributed by atoms with Gasteiger partial charge in [-0.05, 0) is 74.1 Å². The van der Waals surface area contributed by atoms with Crippen molar-refractivity contribution in [3.8, 4) is 0 Å². The first kappa shape index (κ1) is 26.8. The molecule has 2 aromatic carbocycles. The molecule has 0 fully saturated rings. The standard InChI is InChI=1S/C28H36N4O4/c1-7-13-32-20(6)24(26(33)36-16-17(2)3)25(31-28(32)35)21-9-8-10-22(15-21)29-27(34)30-23-12-11-18(4)19(5)14-23/h8-12,14-15,17,25H,7,13,16H2,1-6H3,(H,31,35)(H2,29,30,34). The van der Waals surface area contributed by atoms with E-state index < -0.39 is 12.0 Å². The van der Waals surface area contributed by atoms with E-state index in [-0.39, 0.29) is 24.6 Å². The number of nitrogens with one attached hydrogen (secondary N) is 3. The second-order valence-electron chi connectivity index (χ2n) is 9.53. The monoisotopic (exact) mass is 492 g/mol. The Labute approximate surface area is 213 Å². The van der Waals surface area contributed by atoms with Gasteiger partial charge >= 0.3 is 18.0 Å². The van der Waals surface area contributed by atoms with Gasteiger partial charge in [-0.3, -0.25) is 4.90 Å². The molecule has 1 heterocycles. The van der Waals surface area contributed by atoms with Gasteiger partial charge in [0, 0.05) is 23.6 Å². The van der Waals surface area contributed by atoms with Crippen molar-refractivity contribution in [3.63, 3.8) is 0 Å². The molecular weight excluding hydrogens is 456 g/mol. The zero-order valence-electron chi connectivity index (χ0n) is 21.9. The summed E-state index contributed by atoms with van der Waals surface area (Å²) < 4.78 is 5.55. The van der Waals surface area contributed by atoms with E-state index >= 15 is 0 Å². The van der Waals surface area contributed by atoms with Crippen LogP contribution in [0.1, 0.15) is 56.8 Å². The van der Waals surface area contributed by atoms with Crippen LogP contribution >= 0.6 is 0 Å². The summed E-state index contributed by atoms with van der Waals surface area (Å²) in [6.07, 6.45) is 0.749. The molecule has 0 bridgehead atoms. The highest BCUT2D eigenvalue weighted by Crippen LogP contribution is 2.32. The summed E-state index contributed by atoms with van der Waals surface area (Å²) in [4.78, 5) is 40.2. The highest BCUT2D eigenvalue weighted by Gasteiger charge is 2.36. The number of esters is 1. The Morgan fingerprint density at radius 1 is 1.03 bits per heavy atom. The average molecular weight is 493 g/mol. The van der Waals surface area contributed by atoms with Crippen molar-refractivity contribution in [2.75, 3.05) is 23.8 Å². The first-order chi connectivity index (χ1) is 17.1. The molecule has 192 valence electrons. The number of carbonyl (C=O) groups is 3. The zero-order chi connectivity index (χ0) is 26.4. The third-order valence-corrected chi connectivity index (χ3v) is 6.05. The van der Waals surface area contributed by atoms with Gasteiger partial charge in [-0.15, -0.1) is 0 Å². The normalized spacial score (nSPS) is 15.6. The van der Waals surface area contributed by atoms with Gasteiger partial charge in [0.25, 0.3) is 0 Å². The van der Waals surface area contributed by atoms with E-state index in [0.717, 1.165) is 17.5 Å². The maximum Gasteiger partial charge on any atom is 0.338 e. The SMILES string of the molecule is CCCN1C(=O)NC(c2cccc(NC(=O)Nc3ccc(C)c(C)c3)c2)C(C(=O)OCC(C)C)=C1C. The Hall–Kier alpha value is -3.81. The average Bonchev–Trinajstić information content (AvgIpc) is 2.82. The number of urea groups is 2. The highest BCUT2D eigenvalue weighted by molar-refractivity contribution is 6.00. The molecule has 8 heteroatoms. The molecule has 1 atom stereocenters. The largest absolute Gasteiger partial charge is 0.462 e. The van der Waals surface area contributed by atoms with Crippen LogP contribution in [0.3, 0.4) is 0 Å². The van der Waals surface area contributed by atoms with Crippen LogP contribution in [0.2, 0.25) is 0 Å². The highest BCUT2D eigenvalue weighted by atomic mass is 16.5. The fourth-order valence-electron chi connectivity index (χ4n) is 4.02. The second kappa shape index (κ2) is 11.7. The Kier molecular flexibility index (Phi) is 8.74. The van der Waals surface area contributed by atoms with Gasteiger partial charge in [0.2, 0.25) is 0 Å². The van der Waals surface area contributed by atoms with Gasteiger partial charge in [-0.1, -0.05) is 39.0 Å². The molecule has 0 aliphatic carbocycles. The van der Waals surface area contributed by atoms with Crippen molar-refractivity contribution >= 4 is 29.4 Å². The number of benzene rings is 2. The van der Waals surface area contributed by atoms with Gasteiger partial charge in [-0.2, -0.15) is 0 Å². The Bertz CT molecular complexity index is 1170. The lowest BCUT2D eigenvalue weighted by Crippen LogP contribution is -2.48. The number of hydrogen-bond donors (Lipinski definition) is 3. The number of amides is 4. The molecule has 8 nitrogen and oxygen atoms in total. The molecule has 0 saturated carbocycles. The maximum absolute atomic E-state index is 13.1. The molecule has 0 spiro atoms. The van der Waals surface area contributed by atoms with Crippen LogP contribution in [-0.2, 0) is 9.53 Å². The molecule has 1 unspecified atom stereocenters. The summed E-state index contributed by atoms with van der Waals surface area (Å²) >= 11 is 0. The van der Waals surface area contributed by atoms with E-state index in [1.807, 2.05) is 58.9 Å². The molecule has 2 aromatic rings. The van der Waals surface area contributed by atoms with Crippen LogP contribution < -0.4 is 16.0 Å². The van der Waals surface area contributed by atoms with Crippen molar-refractivity contribution in [3.05, 3.63) is 70.4 Å². The van der Waals surface area contributed by atoms with Crippen LogP contribution in [0, 0.1) is 19.8 Å². The second-order valence-corrected chi connectivity index (χ2v) is 9.53. The van der Waals surface area contributed by atoms with E-state index in [9.17, 15) is 14.4 Å². The molecule has 4 amide bonds. The topological polar surface area (TPSA) is 99.8 Å². The number of hydrogen-bond acceptors (Lipinski definition) is 4. The summed E-state index contributed by atoms with van der Waals surface area (Å²) in [7, 11) is 0. The third kappa shape index (κ3) is 6.44. The van der Waals surface area contributed by atoms with E-state index in [4.69, 9.17) is 4.74 Å². The van der Waals surface area contributed by atoms with Gasteiger partial charge in [-0.25, -0.2) is 14.4 Å². The van der Waals surface area contributed by atoms with E-state index in [1.54, 1.807) is 30.0 Å². The molecule has 36 heavy (non-hydrogen) atoms. The number of aryl methyl sites for hydroxylation is 2. The summed E-state index contributed by atoms with van der Waals surface area (Å²) in [5.74, 6) is -0.278. The predicted octanol–water partition coefficient (Wildman–Crippen LogP) is 5.90. The lowest BCUT2D eigenvalue weighted by molar-refractivity contribution is -0.140. The Morgan fingerprint density at radius 2 is 1.72 bits per heavy atom. The lowest BCUT2D eigenvalue weighted by atomic mass is 9.94. The molecule has 0 saturated heterocycles. The zero-order valence-corrected chi connectivity index (χ0v) is 21.9. The Balaban J connectivity index is 1.86. The van der Waals surface area contributed by atoms with E-state index in [2.05, 4.69) is 16.0 Å². The van der Waals surface area contributed by atoms with Gasteiger partial charge < -0.3 is 20.7 Å². The molecule has 1 aliphatic rings. The van der Waals surface area contributed by atoms with Crippen molar-refractivity contribution in [2.45, 2.75) is 54.0 Å². The number of carbonyl (C=O) groups excluding carboxylic acids is 3. The Morgan fingerprint density at radius 3 is 2.36 bits per heavy atom. The quantitative estimate of drug-likeness (QED) is 0.400. The minimum atomic E-state index is -0.699. The molecule has 3 rings (SSSR count). The van der Waals surface area contributed by atoms with Crippen LogP contribution in [0.5, 0.6) is 0 Å². The molecular formula is C28H36N4O4. The van der Waals surface area contributed by atoms with Crippen molar-refractivity contribution < 1.29 is 19.1 Å². The minimum Gasteiger partial charge on any atom is -0.462 e. The number of rotatable bonds is 8. The number of allylic oxidation sites excluding steroid dienone is 1. The molecule has 3 N–H and O–H groups in total. The fraction of sp³-hybridized carbons (Fsp3) is 0.393. The summed E-state index contributed by atoms with van der Waals surface area (Å²) in [5, 5.41) is 8.62. The van der Waals surface area contributed by atoms with Crippen LogP contribution in [-0.4, -0.2) is 36.1 Å². The van der Waals surface area contributed by atoms with Gasteiger partial charge in [0.1, 0.15) is 0 Å². The first-order valence-corrected chi connectivity index (χ1v) is 12.3. The predicted molar refractivity (Wildman–Crippen MR) is 142 cm³/mol. The third-order valence-electron chi connectivity index (χ3n) is 6.05. The lowest BCUT2D eigenvalue weighted by Gasteiger charge is -2.35. The number of ether oxygens (including phenoxy) is 1. The first-order valence-electron chi connectivity index (χ1n) is 12.3. The minimum absolute atomic E-state index is 0.182. The number of anilines is 2. The summed E-state index contributed by atoms with van der Waals surface area (Å²) in [5.41, 5.74) is 5.08. The van der Waals surface area contributed by atoms with E-state index in [1.165, 1.54) is 0 Å². The smallest absolute Gasteiger partial charge is 0.338 e. The van der Waals surface area contributed by atoms with Gasteiger partial charge in [0.05, 0.1) is 18.2 Å². The van der Waals surface area contributed by atoms with Crippen LogP contribution in [0.25, 0.3) is 0 Å². The van der Waals surface area contributed by atoms with Crippen LogP contribution in [0.15, 0.2) is 53.7 Å². The summed E-state index contributed by atoms with van der Waals surface area (Å²) in [6, 6.07) is 11.4. The van der Waals surface area contributed by atoms with Gasteiger partial charge in [0.15, 0.2) is 0 Å². The molecule has 1 aliphatic heterocycles. The van der Waals surface area contributed by atoms with Crippen molar-refractivity contribution in [1.82, 2.24) is 10.2 Å². The maximum atomic E-state index is 13.1. The summed E-state index contributed by atoms with van der Waals surface area (Å²) in [6.45, 7) is 12.5. The fourth-order valence-corrected chi connectivity index (χ4v) is 4.02. The van der Waals surface area contributed by atoms with Crippen molar-refractivity contribution in [2.24, 2.45) is 5.92 Å².